The van der Waals surface area contributed by atoms with Crippen LogP contribution >= 0.6 is 0 Å². The molecule has 2 aromatic rings. The van der Waals surface area contributed by atoms with Gasteiger partial charge in [0.05, 0.1) is 6.10 Å². The van der Waals surface area contributed by atoms with Gasteiger partial charge in [0.25, 0.3) is 0 Å². The number of carbonyl (C=O) groups is 1. The monoisotopic (exact) mass is 266 g/mol. The molecule has 1 atom stereocenters. The number of Topliss-reactive ketones (excluding diaryl/α,β-unsaturated/α-hetero) is 1. The lowest BCUT2D eigenvalue weighted by Gasteiger charge is -2.25. The predicted octanol–water partition coefficient (Wildman–Crippen LogP) is 3.96. The molecule has 3 rings (SSSR count). The first kappa shape index (κ1) is 13.1. The SMILES string of the molecule is O=C(COC1CCCc2ccccc21)c1ccccc1. The van der Waals surface area contributed by atoms with Gasteiger partial charge in [-0.15, -0.1) is 0 Å². The van der Waals surface area contributed by atoms with E-state index in [1.807, 2.05) is 36.4 Å². The van der Waals surface area contributed by atoms with E-state index in [2.05, 4.69) is 18.2 Å². The Morgan fingerprint density at radius 1 is 1.05 bits per heavy atom. The third kappa shape index (κ3) is 2.81. The number of ether oxygens (including phenoxy) is 1. The summed E-state index contributed by atoms with van der Waals surface area (Å²) in [5.41, 5.74) is 3.33. The fraction of sp³-hybridized carbons (Fsp3) is 0.278. The van der Waals surface area contributed by atoms with Crippen LogP contribution in [0.4, 0.5) is 0 Å². The molecule has 0 radical (unpaired) electrons. The Balaban J connectivity index is 1.67. The fourth-order valence-electron chi connectivity index (χ4n) is 2.77. The van der Waals surface area contributed by atoms with Crippen molar-refractivity contribution in [2.45, 2.75) is 25.4 Å². The minimum atomic E-state index is 0.0497. The molecule has 102 valence electrons. The molecule has 1 aliphatic carbocycles. The number of benzene rings is 2. The molecule has 0 fully saturated rings. The van der Waals surface area contributed by atoms with Crippen molar-refractivity contribution in [2.24, 2.45) is 0 Å². The van der Waals surface area contributed by atoms with Crippen molar-refractivity contribution in [3.63, 3.8) is 0 Å². The molecular formula is C18H18O2. The molecule has 0 saturated carbocycles. The molecule has 0 amide bonds. The Bertz CT molecular complexity index is 589. The van der Waals surface area contributed by atoms with E-state index >= 15 is 0 Å². The summed E-state index contributed by atoms with van der Waals surface area (Å²) in [7, 11) is 0. The smallest absolute Gasteiger partial charge is 0.188 e. The topological polar surface area (TPSA) is 26.3 Å². The minimum absolute atomic E-state index is 0.0497. The summed E-state index contributed by atoms with van der Waals surface area (Å²) >= 11 is 0. The third-order valence-corrected chi connectivity index (χ3v) is 3.83. The van der Waals surface area contributed by atoms with Crippen LogP contribution in [0.15, 0.2) is 54.6 Å². The average molecular weight is 266 g/mol. The summed E-state index contributed by atoms with van der Waals surface area (Å²) in [5, 5.41) is 0. The summed E-state index contributed by atoms with van der Waals surface area (Å²) < 4.78 is 5.88. The number of ketones is 1. The molecule has 1 aliphatic rings. The highest BCUT2D eigenvalue weighted by molar-refractivity contribution is 5.97. The van der Waals surface area contributed by atoms with Crippen molar-refractivity contribution >= 4 is 5.78 Å². The van der Waals surface area contributed by atoms with E-state index in [1.54, 1.807) is 0 Å². The molecule has 0 aromatic heterocycles. The lowest BCUT2D eigenvalue weighted by molar-refractivity contribution is 0.0372. The maximum absolute atomic E-state index is 12.1. The van der Waals surface area contributed by atoms with Gasteiger partial charge in [-0.2, -0.15) is 0 Å². The highest BCUT2D eigenvalue weighted by Gasteiger charge is 2.21. The van der Waals surface area contributed by atoms with Gasteiger partial charge in [0, 0.05) is 5.56 Å². The van der Waals surface area contributed by atoms with E-state index in [9.17, 15) is 4.79 Å². The van der Waals surface area contributed by atoms with E-state index in [-0.39, 0.29) is 18.5 Å². The molecular weight excluding hydrogens is 248 g/mol. The fourth-order valence-corrected chi connectivity index (χ4v) is 2.77. The van der Waals surface area contributed by atoms with Gasteiger partial charge in [-0.3, -0.25) is 4.79 Å². The molecule has 0 bridgehead atoms. The maximum atomic E-state index is 12.1. The predicted molar refractivity (Wildman–Crippen MR) is 78.8 cm³/mol. The molecule has 0 N–H and O–H groups in total. The number of rotatable bonds is 4. The van der Waals surface area contributed by atoms with Gasteiger partial charge in [0.1, 0.15) is 6.61 Å². The zero-order valence-corrected chi connectivity index (χ0v) is 11.4. The van der Waals surface area contributed by atoms with Crippen molar-refractivity contribution in [2.75, 3.05) is 6.61 Å². The van der Waals surface area contributed by atoms with Gasteiger partial charge >= 0.3 is 0 Å². The summed E-state index contributed by atoms with van der Waals surface area (Å²) in [6.45, 7) is 0.156. The van der Waals surface area contributed by atoms with Gasteiger partial charge in [-0.1, -0.05) is 54.6 Å². The van der Waals surface area contributed by atoms with Crippen LogP contribution in [0.2, 0.25) is 0 Å². The Hall–Kier alpha value is -1.93. The zero-order chi connectivity index (χ0) is 13.8. The first-order chi connectivity index (χ1) is 9.84. The zero-order valence-electron chi connectivity index (χ0n) is 11.4. The standard InChI is InChI=1S/C18H18O2/c19-17(15-8-2-1-3-9-15)13-20-18-12-6-10-14-7-4-5-11-16(14)18/h1-5,7-9,11,18H,6,10,12-13H2. The van der Waals surface area contributed by atoms with E-state index < -0.39 is 0 Å². The first-order valence-corrected chi connectivity index (χ1v) is 7.12. The van der Waals surface area contributed by atoms with Crippen molar-refractivity contribution in [3.05, 3.63) is 71.3 Å². The lowest BCUT2D eigenvalue weighted by atomic mass is 9.89. The molecule has 0 saturated heterocycles. The van der Waals surface area contributed by atoms with E-state index in [4.69, 9.17) is 4.74 Å². The number of hydrogen-bond acceptors (Lipinski definition) is 2. The van der Waals surface area contributed by atoms with Gasteiger partial charge in [0.15, 0.2) is 5.78 Å². The maximum Gasteiger partial charge on any atom is 0.188 e. The van der Waals surface area contributed by atoms with Crippen molar-refractivity contribution in [1.82, 2.24) is 0 Å². The second kappa shape index (κ2) is 6.02. The van der Waals surface area contributed by atoms with Crippen molar-refractivity contribution in [1.29, 1.82) is 0 Å². The first-order valence-electron chi connectivity index (χ1n) is 7.12. The average Bonchev–Trinajstić information content (AvgIpc) is 2.53. The molecule has 2 heteroatoms. The number of carbonyl (C=O) groups excluding carboxylic acids is 1. The highest BCUT2D eigenvalue weighted by atomic mass is 16.5. The van der Waals surface area contributed by atoms with Crippen LogP contribution in [-0.4, -0.2) is 12.4 Å². The summed E-state index contributed by atoms with van der Waals surface area (Å²) in [4.78, 5) is 12.1. The normalized spacial score (nSPS) is 17.5. The molecule has 2 nitrogen and oxygen atoms in total. The van der Waals surface area contributed by atoms with Crippen LogP contribution in [0.5, 0.6) is 0 Å². The van der Waals surface area contributed by atoms with Crippen LogP contribution in [0.1, 0.15) is 40.4 Å². The van der Waals surface area contributed by atoms with Gasteiger partial charge in [-0.25, -0.2) is 0 Å². The Morgan fingerprint density at radius 2 is 1.80 bits per heavy atom. The highest BCUT2D eigenvalue weighted by Crippen LogP contribution is 2.32. The minimum Gasteiger partial charge on any atom is -0.365 e. The van der Waals surface area contributed by atoms with Crippen LogP contribution in [0.25, 0.3) is 0 Å². The Labute approximate surface area is 119 Å². The quantitative estimate of drug-likeness (QED) is 0.783. The van der Waals surface area contributed by atoms with Crippen LogP contribution in [-0.2, 0) is 11.2 Å². The summed E-state index contributed by atoms with van der Waals surface area (Å²) in [6.07, 6.45) is 3.30. The number of hydrogen-bond donors (Lipinski definition) is 0. The molecule has 0 spiro atoms. The van der Waals surface area contributed by atoms with Crippen LogP contribution in [0.3, 0.4) is 0 Å². The molecule has 20 heavy (non-hydrogen) atoms. The number of fused-ring (bicyclic) bond motifs is 1. The van der Waals surface area contributed by atoms with E-state index in [1.165, 1.54) is 11.1 Å². The van der Waals surface area contributed by atoms with Crippen LogP contribution < -0.4 is 0 Å². The van der Waals surface area contributed by atoms with Crippen molar-refractivity contribution in [3.8, 4) is 0 Å². The molecule has 1 unspecified atom stereocenters. The van der Waals surface area contributed by atoms with Gasteiger partial charge in [-0.05, 0) is 30.4 Å². The second-order valence-corrected chi connectivity index (χ2v) is 5.18. The molecule has 0 aliphatic heterocycles. The van der Waals surface area contributed by atoms with Crippen LogP contribution in [0, 0.1) is 0 Å². The third-order valence-electron chi connectivity index (χ3n) is 3.83. The molecule has 2 aromatic carbocycles. The lowest BCUT2D eigenvalue weighted by Crippen LogP contribution is -2.17. The van der Waals surface area contributed by atoms with E-state index in [0.29, 0.717) is 0 Å². The summed E-state index contributed by atoms with van der Waals surface area (Å²) in [6, 6.07) is 17.7. The van der Waals surface area contributed by atoms with Crippen molar-refractivity contribution < 1.29 is 9.53 Å². The number of aryl methyl sites for hydroxylation is 1. The Kier molecular flexibility index (Phi) is 3.93. The van der Waals surface area contributed by atoms with Gasteiger partial charge < -0.3 is 4.74 Å². The Morgan fingerprint density at radius 3 is 2.65 bits per heavy atom. The summed E-state index contributed by atoms with van der Waals surface area (Å²) in [5.74, 6) is 0.0497. The van der Waals surface area contributed by atoms with Gasteiger partial charge in [0.2, 0.25) is 0 Å². The molecule has 0 heterocycles. The van der Waals surface area contributed by atoms with E-state index in [0.717, 1.165) is 24.8 Å². The largest absolute Gasteiger partial charge is 0.365 e. The second-order valence-electron chi connectivity index (χ2n) is 5.18.